The van der Waals surface area contributed by atoms with E-state index in [0.29, 0.717) is 0 Å². The van der Waals surface area contributed by atoms with Crippen molar-refractivity contribution < 1.29 is 19.7 Å². The summed E-state index contributed by atoms with van der Waals surface area (Å²) in [6.07, 6.45) is -2.07. The summed E-state index contributed by atoms with van der Waals surface area (Å²) in [6.45, 7) is 1.78. The molecule has 0 saturated carbocycles. The van der Waals surface area contributed by atoms with Crippen molar-refractivity contribution in [2.24, 2.45) is 0 Å². The number of hydrogen-bond donors (Lipinski definition) is 2. The molecule has 2 saturated heterocycles. The number of aliphatic hydroxyl groups is 2. The molecule has 5 heteroatoms. The van der Waals surface area contributed by atoms with Crippen LogP contribution in [0, 0.1) is 0 Å². The van der Waals surface area contributed by atoms with E-state index in [1.54, 1.807) is 6.92 Å². The summed E-state index contributed by atoms with van der Waals surface area (Å²) >= 11 is 0. The molecule has 0 amide bonds. The lowest BCUT2D eigenvalue weighted by atomic mass is 9.90. The maximum atomic E-state index is 9.63. The van der Waals surface area contributed by atoms with Gasteiger partial charge < -0.3 is 19.7 Å². The van der Waals surface area contributed by atoms with Crippen molar-refractivity contribution in [3.63, 3.8) is 0 Å². The van der Waals surface area contributed by atoms with Gasteiger partial charge in [0.05, 0.1) is 12.7 Å². The second kappa shape index (κ2) is 2.45. The minimum absolute atomic E-state index is 0.213. The first kappa shape index (κ1) is 8.50. The molecule has 12 heavy (non-hydrogen) atoms. The van der Waals surface area contributed by atoms with Crippen LogP contribution in [0.15, 0.2) is 0 Å². The van der Waals surface area contributed by atoms with Gasteiger partial charge in [-0.25, -0.2) is 0 Å². The van der Waals surface area contributed by atoms with Crippen molar-refractivity contribution in [1.82, 2.24) is 0 Å². The minimum Gasteiger partial charge on any atom is -0.390 e. The Morgan fingerprint density at radius 3 is 2.58 bits per heavy atom. The molecule has 5 atom stereocenters. The van der Waals surface area contributed by atoms with E-state index in [-0.39, 0.29) is 6.61 Å². The highest BCUT2D eigenvalue weighted by atomic mass is 16.6. The van der Waals surface area contributed by atoms with Gasteiger partial charge in [0.2, 0.25) is 0 Å². The summed E-state index contributed by atoms with van der Waals surface area (Å²) in [6, 6.07) is -0.622. The fourth-order valence-corrected chi connectivity index (χ4v) is 1.85. The number of aliphatic hydroxyl groups excluding tert-OH is 2. The van der Waals surface area contributed by atoms with Gasteiger partial charge in [-0.05, 0) is 6.92 Å². The highest BCUT2D eigenvalue weighted by molar-refractivity contribution is 6.11. The van der Waals surface area contributed by atoms with Crippen LogP contribution in [0.5, 0.6) is 0 Å². The maximum Gasteiger partial charge on any atom is 0.145 e. The van der Waals surface area contributed by atoms with Crippen molar-refractivity contribution in [3.05, 3.63) is 0 Å². The summed E-state index contributed by atoms with van der Waals surface area (Å²) in [5.74, 6) is 0. The lowest BCUT2D eigenvalue weighted by Crippen LogP contribution is -2.50. The number of fused-ring (bicyclic) bond motifs is 2. The average Bonchev–Trinajstić information content (AvgIpc) is 2.42. The molecule has 2 aliphatic heterocycles. The van der Waals surface area contributed by atoms with Crippen molar-refractivity contribution in [1.29, 1.82) is 0 Å². The largest absolute Gasteiger partial charge is 0.390 e. The van der Waals surface area contributed by atoms with Gasteiger partial charge in [-0.15, -0.1) is 0 Å². The monoisotopic (exact) mass is 170 g/mol. The van der Waals surface area contributed by atoms with E-state index in [9.17, 15) is 10.2 Å². The fourth-order valence-electron chi connectivity index (χ4n) is 1.85. The molecule has 2 heterocycles. The van der Waals surface area contributed by atoms with Crippen LogP contribution in [0.25, 0.3) is 0 Å². The minimum atomic E-state index is -0.996. The summed E-state index contributed by atoms with van der Waals surface area (Å²) < 4.78 is 10.5. The van der Waals surface area contributed by atoms with Crippen molar-refractivity contribution in [3.8, 4) is 0 Å². The summed E-state index contributed by atoms with van der Waals surface area (Å²) in [5, 5.41) is 19.0. The molecule has 2 fully saturated rings. The molecular weight excluding hydrogens is 159 g/mol. The number of hydrogen-bond acceptors (Lipinski definition) is 4. The van der Waals surface area contributed by atoms with E-state index in [1.165, 1.54) is 0 Å². The third kappa shape index (κ3) is 0.822. The Morgan fingerprint density at radius 1 is 1.67 bits per heavy atom. The zero-order valence-corrected chi connectivity index (χ0v) is 6.80. The SMILES string of the molecule is [B][C@@H]1O[C@@]2(C(C)O)CO[C@@H]1[C@@H]2O. The van der Waals surface area contributed by atoms with Gasteiger partial charge in [0, 0.05) is 6.00 Å². The lowest BCUT2D eigenvalue weighted by Gasteiger charge is -2.32. The maximum absolute atomic E-state index is 9.63. The summed E-state index contributed by atoms with van der Waals surface area (Å²) in [5.41, 5.74) is -0.996. The Kier molecular flexibility index (Phi) is 1.73. The molecular formula is C7H11BO4. The van der Waals surface area contributed by atoms with Crippen LogP contribution in [0.2, 0.25) is 0 Å². The molecule has 2 aliphatic rings. The third-order valence-electron chi connectivity index (χ3n) is 2.70. The van der Waals surface area contributed by atoms with Crippen LogP contribution in [-0.4, -0.2) is 54.6 Å². The summed E-state index contributed by atoms with van der Waals surface area (Å²) in [7, 11) is 5.51. The van der Waals surface area contributed by atoms with Crippen LogP contribution >= 0.6 is 0 Å². The van der Waals surface area contributed by atoms with E-state index in [2.05, 4.69) is 0 Å². The molecule has 2 rings (SSSR count). The fraction of sp³-hybridized carbons (Fsp3) is 1.00. The lowest BCUT2D eigenvalue weighted by molar-refractivity contribution is -0.163. The van der Waals surface area contributed by atoms with E-state index in [4.69, 9.17) is 17.3 Å². The van der Waals surface area contributed by atoms with Gasteiger partial charge in [-0.2, -0.15) is 0 Å². The van der Waals surface area contributed by atoms with Crippen LogP contribution < -0.4 is 0 Å². The second-order valence-electron chi connectivity index (χ2n) is 3.43. The Hall–Kier alpha value is -0.0951. The Bertz CT molecular complexity index is 198. The summed E-state index contributed by atoms with van der Waals surface area (Å²) in [4.78, 5) is 0. The molecule has 1 unspecified atom stereocenters. The number of ether oxygens (including phenoxy) is 2. The van der Waals surface area contributed by atoms with Crippen LogP contribution in [-0.2, 0) is 9.47 Å². The Morgan fingerprint density at radius 2 is 2.33 bits per heavy atom. The van der Waals surface area contributed by atoms with Gasteiger partial charge in [0.15, 0.2) is 0 Å². The van der Waals surface area contributed by atoms with Crippen molar-refractivity contribution in [2.45, 2.75) is 36.8 Å². The molecule has 0 aliphatic carbocycles. The molecule has 4 nitrogen and oxygen atoms in total. The predicted molar refractivity (Wildman–Crippen MR) is 40.8 cm³/mol. The molecule has 0 aromatic carbocycles. The van der Waals surface area contributed by atoms with Crippen molar-refractivity contribution >= 4 is 7.85 Å². The van der Waals surface area contributed by atoms with Gasteiger partial charge in [-0.3, -0.25) is 0 Å². The zero-order valence-electron chi connectivity index (χ0n) is 6.80. The second-order valence-corrected chi connectivity index (χ2v) is 3.43. The van der Waals surface area contributed by atoms with Crippen LogP contribution in [0.3, 0.4) is 0 Å². The van der Waals surface area contributed by atoms with E-state index >= 15 is 0 Å². The molecule has 66 valence electrons. The van der Waals surface area contributed by atoms with E-state index in [0.717, 1.165) is 0 Å². The first-order valence-corrected chi connectivity index (χ1v) is 3.99. The van der Waals surface area contributed by atoms with Gasteiger partial charge in [0.25, 0.3) is 0 Å². The number of rotatable bonds is 1. The van der Waals surface area contributed by atoms with Crippen LogP contribution in [0.1, 0.15) is 6.92 Å². The Labute approximate surface area is 71.9 Å². The van der Waals surface area contributed by atoms with Gasteiger partial charge >= 0.3 is 0 Å². The first-order valence-electron chi connectivity index (χ1n) is 3.99. The average molecular weight is 170 g/mol. The van der Waals surface area contributed by atoms with Gasteiger partial charge in [0.1, 0.15) is 25.7 Å². The molecule has 2 N–H and O–H groups in total. The smallest absolute Gasteiger partial charge is 0.145 e. The van der Waals surface area contributed by atoms with Crippen molar-refractivity contribution in [2.75, 3.05) is 6.61 Å². The van der Waals surface area contributed by atoms with Crippen LogP contribution in [0.4, 0.5) is 0 Å². The molecule has 0 aromatic rings. The molecule has 0 spiro atoms. The standard InChI is InChI=1S/C7H11BO4/c1-3(9)7-2-11-4(5(7)10)6(8)12-7/h3-6,9-10H,2H2,1H3/t3?,4-,5+,6-,7-/m1/s1. The zero-order chi connectivity index (χ0) is 8.93. The Balaban J connectivity index is 2.27. The topological polar surface area (TPSA) is 58.9 Å². The quantitative estimate of drug-likeness (QED) is 0.465. The highest BCUT2D eigenvalue weighted by Gasteiger charge is 2.61. The van der Waals surface area contributed by atoms with E-state index in [1.807, 2.05) is 0 Å². The van der Waals surface area contributed by atoms with E-state index < -0.39 is 29.9 Å². The van der Waals surface area contributed by atoms with Gasteiger partial charge in [-0.1, -0.05) is 0 Å². The molecule has 0 aromatic heterocycles. The first-order chi connectivity index (χ1) is 5.58. The normalized spacial score (nSPS) is 54.4. The molecule has 2 radical (unpaired) electrons. The predicted octanol–water partition coefficient (Wildman–Crippen LogP) is -1.61. The third-order valence-corrected chi connectivity index (χ3v) is 2.70. The highest BCUT2D eigenvalue weighted by Crippen LogP contribution is 2.40. The molecule has 2 bridgehead atoms.